The minimum absolute atomic E-state index is 0.0961. The average Bonchev–Trinajstić information content (AvgIpc) is 2.68. The van der Waals surface area contributed by atoms with E-state index in [0.29, 0.717) is 32.5 Å². The lowest BCUT2D eigenvalue weighted by Gasteiger charge is -2.32. The Bertz CT molecular complexity index is 966. The van der Waals surface area contributed by atoms with Crippen LogP contribution in [0, 0.1) is 0 Å². The Kier molecular flexibility index (Phi) is 6.68. The summed E-state index contributed by atoms with van der Waals surface area (Å²) in [5.41, 5.74) is -2.24. The van der Waals surface area contributed by atoms with Crippen LogP contribution < -0.4 is 4.72 Å². The van der Waals surface area contributed by atoms with Gasteiger partial charge in [-0.2, -0.15) is 26.3 Å². The number of nitrogens with one attached hydrogen (secondary N) is 1. The van der Waals surface area contributed by atoms with E-state index in [2.05, 4.69) is 9.62 Å². The molecule has 1 aliphatic heterocycles. The van der Waals surface area contributed by atoms with Gasteiger partial charge in [0.15, 0.2) is 0 Å². The zero-order valence-corrected chi connectivity index (χ0v) is 17.0. The number of hydrogen-bond donors (Lipinski definition) is 1. The van der Waals surface area contributed by atoms with Gasteiger partial charge in [0.05, 0.1) is 16.0 Å². The first-order valence-corrected chi connectivity index (χ1v) is 10.9. The second kappa shape index (κ2) is 8.79. The van der Waals surface area contributed by atoms with Crippen molar-refractivity contribution in [2.45, 2.75) is 42.7 Å². The number of halogens is 6. The van der Waals surface area contributed by atoms with Crippen LogP contribution in [0.2, 0.25) is 0 Å². The van der Waals surface area contributed by atoms with Crippen molar-refractivity contribution in [2.75, 3.05) is 13.1 Å². The maximum absolute atomic E-state index is 13.0. The number of piperidine rings is 1. The summed E-state index contributed by atoms with van der Waals surface area (Å²) in [6.45, 7) is 1.75. The molecule has 170 valence electrons. The molecule has 0 saturated carbocycles. The summed E-state index contributed by atoms with van der Waals surface area (Å²) in [5, 5.41) is 0. The van der Waals surface area contributed by atoms with Crippen molar-refractivity contribution in [1.29, 1.82) is 0 Å². The number of sulfonamides is 1. The fraction of sp³-hybridized carbons (Fsp3) is 0.400. The van der Waals surface area contributed by atoms with Gasteiger partial charge >= 0.3 is 12.4 Å². The molecule has 3 rings (SSSR count). The largest absolute Gasteiger partial charge is 0.416 e. The predicted octanol–water partition coefficient (Wildman–Crippen LogP) is 4.67. The third kappa shape index (κ3) is 6.20. The summed E-state index contributed by atoms with van der Waals surface area (Å²) in [7, 11) is -4.57. The smallest absolute Gasteiger partial charge is 0.299 e. The number of nitrogens with zero attached hydrogens (tertiary/aromatic N) is 1. The standard InChI is InChI=1S/C20H20F6N2O2S/c21-19(22,23)15-10-16(20(24,25)26)12-18(11-15)31(29,30)27-17-6-8-28(9-7-17)13-14-4-2-1-3-5-14/h1-5,10-12,17,27H,6-9,13H2. The van der Waals surface area contributed by atoms with E-state index in [1.165, 1.54) is 0 Å². The summed E-state index contributed by atoms with van der Waals surface area (Å²) in [6.07, 6.45) is -9.46. The predicted molar refractivity (Wildman–Crippen MR) is 102 cm³/mol. The minimum Gasteiger partial charge on any atom is -0.299 e. The molecule has 0 amide bonds. The Labute approximate surface area is 175 Å². The normalized spacial score (nSPS) is 17.1. The van der Waals surface area contributed by atoms with E-state index in [-0.39, 0.29) is 18.2 Å². The van der Waals surface area contributed by atoms with Gasteiger partial charge in [-0.1, -0.05) is 30.3 Å². The molecule has 1 heterocycles. The van der Waals surface area contributed by atoms with Gasteiger partial charge in [0.25, 0.3) is 0 Å². The van der Waals surface area contributed by atoms with Crippen molar-refractivity contribution < 1.29 is 34.8 Å². The van der Waals surface area contributed by atoms with E-state index in [4.69, 9.17) is 0 Å². The number of rotatable bonds is 5. The Morgan fingerprint density at radius 2 is 1.39 bits per heavy atom. The lowest BCUT2D eigenvalue weighted by Crippen LogP contribution is -2.44. The molecule has 2 aromatic carbocycles. The molecule has 0 aliphatic carbocycles. The molecule has 0 unspecified atom stereocenters. The number of benzene rings is 2. The van der Waals surface area contributed by atoms with Crippen LogP contribution in [-0.2, 0) is 28.9 Å². The molecule has 0 bridgehead atoms. The molecule has 1 N–H and O–H groups in total. The van der Waals surface area contributed by atoms with Gasteiger partial charge in [0.1, 0.15) is 0 Å². The first-order chi connectivity index (χ1) is 14.3. The van der Waals surface area contributed by atoms with Crippen LogP contribution in [0.4, 0.5) is 26.3 Å². The summed E-state index contributed by atoms with van der Waals surface area (Å²) in [5.74, 6) is 0. The summed E-state index contributed by atoms with van der Waals surface area (Å²) < 4.78 is 106. The molecule has 4 nitrogen and oxygen atoms in total. The molecule has 0 aromatic heterocycles. The molecule has 0 radical (unpaired) electrons. The zero-order valence-electron chi connectivity index (χ0n) is 16.2. The van der Waals surface area contributed by atoms with Crippen molar-refractivity contribution in [3.05, 3.63) is 65.2 Å². The van der Waals surface area contributed by atoms with Crippen LogP contribution in [0.1, 0.15) is 29.5 Å². The highest BCUT2D eigenvalue weighted by molar-refractivity contribution is 7.89. The maximum atomic E-state index is 13.0. The van der Waals surface area contributed by atoms with E-state index >= 15 is 0 Å². The SMILES string of the molecule is O=S(=O)(NC1CCN(Cc2ccccc2)CC1)c1cc(C(F)(F)F)cc(C(F)(F)F)c1. The van der Waals surface area contributed by atoms with Crippen molar-refractivity contribution in [3.63, 3.8) is 0 Å². The average molecular weight is 466 g/mol. The van der Waals surface area contributed by atoms with Gasteiger partial charge in [0, 0.05) is 25.7 Å². The van der Waals surface area contributed by atoms with Gasteiger partial charge in [-0.05, 0) is 36.6 Å². The molecule has 31 heavy (non-hydrogen) atoms. The second-order valence-electron chi connectivity index (χ2n) is 7.40. The van der Waals surface area contributed by atoms with Crippen molar-refractivity contribution in [2.24, 2.45) is 0 Å². The second-order valence-corrected chi connectivity index (χ2v) is 9.11. The van der Waals surface area contributed by atoms with Crippen LogP contribution in [0.5, 0.6) is 0 Å². The van der Waals surface area contributed by atoms with Crippen LogP contribution >= 0.6 is 0 Å². The molecule has 1 aliphatic rings. The highest BCUT2D eigenvalue weighted by Crippen LogP contribution is 2.37. The molecule has 0 spiro atoms. The Morgan fingerprint density at radius 1 is 0.871 bits per heavy atom. The fourth-order valence-corrected chi connectivity index (χ4v) is 4.79. The van der Waals surface area contributed by atoms with Crippen LogP contribution in [0.15, 0.2) is 53.4 Å². The van der Waals surface area contributed by atoms with E-state index in [9.17, 15) is 34.8 Å². The molecule has 11 heteroatoms. The Morgan fingerprint density at radius 3 is 1.87 bits per heavy atom. The van der Waals surface area contributed by atoms with Gasteiger partial charge < -0.3 is 0 Å². The van der Waals surface area contributed by atoms with Crippen LogP contribution in [-0.4, -0.2) is 32.4 Å². The highest BCUT2D eigenvalue weighted by Gasteiger charge is 2.38. The lowest BCUT2D eigenvalue weighted by atomic mass is 10.1. The molecular formula is C20H20F6N2O2S. The van der Waals surface area contributed by atoms with Gasteiger partial charge in [-0.25, -0.2) is 13.1 Å². The third-order valence-electron chi connectivity index (χ3n) is 5.03. The molecule has 0 atom stereocenters. The summed E-state index contributed by atoms with van der Waals surface area (Å²) >= 11 is 0. The van der Waals surface area contributed by atoms with Gasteiger partial charge in [-0.3, -0.25) is 4.90 Å². The highest BCUT2D eigenvalue weighted by atomic mass is 32.2. The quantitative estimate of drug-likeness (QED) is 0.652. The molecule has 1 saturated heterocycles. The Hall–Kier alpha value is -2.11. The third-order valence-corrected chi connectivity index (χ3v) is 6.53. The van der Waals surface area contributed by atoms with Gasteiger partial charge in [0.2, 0.25) is 10.0 Å². The number of likely N-dealkylation sites (tertiary alicyclic amines) is 1. The number of alkyl halides is 6. The van der Waals surface area contributed by atoms with E-state index in [1.807, 2.05) is 30.3 Å². The number of hydrogen-bond acceptors (Lipinski definition) is 3. The molecular weight excluding hydrogens is 446 g/mol. The fourth-order valence-electron chi connectivity index (χ4n) is 3.42. The molecule has 1 fully saturated rings. The topological polar surface area (TPSA) is 49.4 Å². The first-order valence-electron chi connectivity index (χ1n) is 9.43. The first kappa shape index (κ1) is 23.6. The monoisotopic (exact) mass is 466 g/mol. The maximum Gasteiger partial charge on any atom is 0.416 e. The summed E-state index contributed by atoms with van der Waals surface area (Å²) in [4.78, 5) is 1.05. The Balaban J connectivity index is 1.72. The van der Waals surface area contributed by atoms with Crippen molar-refractivity contribution in [3.8, 4) is 0 Å². The van der Waals surface area contributed by atoms with Crippen molar-refractivity contribution >= 4 is 10.0 Å². The van der Waals surface area contributed by atoms with Gasteiger partial charge in [-0.15, -0.1) is 0 Å². The van der Waals surface area contributed by atoms with Crippen LogP contribution in [0.25, 0.3) is 0 Å². The molecule has 2 aromatic rings. The minimum atomic E-state index is -5.12. The summed E-state index contributed by atoms with van der Waals surface area (Å²) in [6, 6.07) is 9.39. The lowest BCUT2D eigenvalue weighted by molar-refractivity contribution is -0.143. The zero-order chi connectivity index (χ0) is 22.9. The van der Waals surface area contributed by atoms with Crippen molar-refractivity contribution in [1.82, 2.24) is 9.62 Å². The van der Waals surface area contributed by atoms with E-state index in [0.717, 1.165) is 5.56 Å². The van der Waals surface area contributed by atoms with E-state index in [1.54, 1.807) is 0 Å². The van der Waals surface area contributed by atoms with E-state index < -0.39 is 44.4 Å². The van der Waals surface area contributed by atoms with Crippen LogP contribution in [0.3, 0.4) is 0 Å².